The summed E-state index contributed by atoms with van der Waals surface area (Å²) < 4.78 is 4.65. The molecule has 0 aromatic heterocycles. The van der Waals surface area contributed by atoms with Crippen molar-refractivity contribution in [1.82, 2.24) is 0 Å². The number of nitrogens with one attached hydrogen (secondary N) is 1. The Morgan fingerprint density at radius 2 is 1.84 bits per heavy atom. The quantitative estimate of drug-likeness (QED) is 0.387. The minimum Gasteiger partial charge on any atom is -0.508 e. The van der Waals surface area contributed by atoms with Crippen molar-refractivity contribution < 1.29 is 30.0 Å². The number of carbonyl (C=O) groups excluding carboxylic acids is 1. The number of benzene rings is 1. The fraction of sp³-hybridized carbons (Fsp3) is 0.417. The van der Waals surface area contributed by atoms with Gasteiger partial charge in [0.25, 0.3) is 0 Å². The molecule has 0 saturated heterocycles. The van der Waals surface area contributed by atoms with Gasteiger partial charge in [0, 0.05) is 5.69 Å². The second-order valence-corrected chi connectivity index (χ2v) is 4.40. The van der Waals surface area contributed by atoms with Crippen LogP contribution in [0.5, 0.6) is 5.75 Å². The van der Waals surface area contributed by atoms with Gasteiger partial charge in [0.1, 0.15) is 5.75 Å². The molecular weight excluding hydrogens is 254 g/mol. The van der Waals surface area contributed by atoms with Gasteiger partial charge in [-0.15, -0.1) is 0 Å². The van der Waals surface area contributed by atoms with E-state index in [4.69, 9.17) is 15.3 Å². The van der Waals surface area contributed by atoms with Crippen molar-refractivity contribution in [2.75, 3.05) is 18.5 Å². The fourth-order valence-corrected chi connectivity index (χ4v) is 1.14. The van der Waals surface area contributed by atoms with Crippen LogP contribution in [0.25, 0.3) is 0 Å². The average Bonchev–Trinajstić information content (AvgIpc) is 2.40. The Balaban J connectivity index is 2.58. The molecule has 106 valence electrons. The van der Waals surface area contributed by atoms with E-state index in [0.717, 1.165) is 0 Å². The molecule has 0 bridgehead atoms. The van der Waals surface area contributed by atoms with Crippen LogP contribution in [0, 0.1) is 5.41 Å². The maximum atomic E-state index is 11.5. The van der Waals surface area contributed by atoms with Gasteiger partial charge in [0.2, 0.25) is 6.29 Å². The molecule has 7 nitrogen and oxygen atoms in total. The van der Waals surface area contributed by atoms with E-state index in [1.807, 2.05) is 0 Å². The maximum Gasteiger partial charge on any atom is 0.413 e. The first-order valence-electron chi connectivity index (χ1n) is 5.58. The Bertz CT molecular complexity index is 415. The van der Waals surface area contributed by atoms with Gasteiger partial charge in [0.05, 0.1) is 18.6 Å². The van der Waals surface area contributed by atoms with Gasteiger partial charge in [-0.3, -0.25) is 5.32 Å². The lowest BCUT2D eigenvalue weighted by molar-refractivity contribution is -0.158. The lowest BCUT2D eigenvalue weighted by Gasteiger charge is -2.29. The van der Waals surface area contributed by atoms with Crippen LogP contribution in [-0.2, 0) is 4.74 Å². The van der Waals surface area contributed by atoms with E-state index in [1.165, 1.54) is 31.2 Å². The van der Waals surface area contributed by atoms with E-state index >= 15 is 0 Å². The lowest BCUT2D eigenvalue weighted by atomic mass is 9.92. The molecule has 0 aliphatic rings. The third-order valence-electron chi connectivity index (χ3n) is 2.65. The molecule has 0 heterocycles. The first-order valence-corrected chi connectivity index (χ1v) is 5.58. The zero-order valence-corrected chi connectivity index (χ0v) is 10.4. The monoisotopic (exact) mass is 271 g/mol. The molecular formula is C12H17NO6. The summed E-state index contributed by atoms with van der Waals surface area (Å²) in [6, 6.07) is 5.63. The summed E-state index contributed by atoms with van der Waals surface area (Å²) in [6.07, 6.45) is -2.59. The Hall–Kier alpha value is -1.83. The van der Waals surface area contributed by atoms with Crippen molar-refractivity contribution in [2.45, 2.75) is 13.2 Å². The highest BCUT2D eigenvalue weighted by Crippen LogP contribution is 2.21. The van der Waals surface area contributed by atoms with Gasteiger partial charge < -0.3 is 25.2 Å². The first kappa shape index (κ1) is 15.2. The molecule has 1 atom stereocenters. The van der Waals surface area contributed by atoms with Gasteiger partial charge in [-0.05, 0) is 31.2 Å². The van der Waals surface area contributed by atoms with E-state index < -0.39 is 31.0 Å². The highest BCUT2D eigenvalue weighted by Gasteiger charge is 2.35. The number of rotatable bonds is 5. The number of hydrogen-bond acceptors (Lipinski definition) is 6. The first-order chi connectivity index (χ1) is 8.91. The Kier molecular flexibility index (Phi) is 5.11. The normalized spacial score (nSPS) is 12.8. The van der Waals surface area contributed by atoms with E-state index in [-0.39, 0.29) is 5.75 Å². The van der Waals surface area contributed by atoms with E-state index in [1.54, 1.807) is 0 Å². The molecule has 5 N–H and O–H groups in total. The van der Waals surface area contributed by atoms with Crippen LogP contribution >= 0.6 is 0 Å². The number of ether oxygens (including phenoxy) is 1. The largest absolute Gasteiger partial charge is 0.508 e. The van der Waals surface area contributed by atoms with Crippen molar-refractivity contribution in [1.29, 1.82) is 0 Å². The van der Waals surface area contributed by atoms with Gasteiger partial charge in [-0.1, -0.05) is 0 Å². The highest BCUT2D eigenvalue weighted by molar-refractivity contribution is 5.84. The highest BCUT2D eigenvalue weighted by atomic mass is 16.6. The van der Waals surface area contributed by atoms with Crippen LogP contribution < -0.4 is 5.32 Å². The van der Waals surface area contributed by atoms with Crippen LogP contribution in [0.1, 0.15) is 6.92 Å². The lowest BCUT2D eigenvalue weighted by Crippen LogP contribution is -2.42. The summed E-state index contributed by atoms with van der Waals surface area (Å²) in [7, 11) is 0. The number of carbonyl (C=O) groups is 1. The SMILES string of the molecule is CC(CO)(CO)C(O)OC(=O)Nc1ccc(O)cc1. The summed E-state index contributed by atoms with van der Waals surface area (Å²) in [5.41, 5.74) is -0.976. The number of aliphatic hydroxyl groups excluding tert-OH is 3. The molecule has 1 aromatic rings. The summed E-state index contributed by atoms with van der Waals surface area (Å²) in [5.74, 6) is 0.0482. The minimum absolute atomic E-state index is 0.0482. The van der Waals surface area contributed by atoms with Gasteiger partial charge in [-0.2, -0.15) is 0 Å². The molecule has 0 aliphatic carbocycles. The number of aliphatic hydroxyl groups is 3. The number of phenols is 1. The molecule has 1 amide bonds. The maximum absolute atomic E-state index is 11.5. The third-order valence-corrected chi connectivity index (χ3v) is 2.65. The minimum atomic E-state index is -1.65. The van der Waals surface area contributed by atoms with E-state index in [0.29, 0.717) is 5.69 Å². The third kappa shape index (κ3) is 4.09. The molecule has 0 radical (unpaired) electrons. The zero-order chi connectivity index (χ0) is 14.5. The number of hydrogen-bond donors (Lipinski definition) is 5. The topological polar surface area (TPSA) is 119 Å². The second kappa shape index (κ2) is 6.37. The molecule has 1 aromatic carbocycles. The van der Waals surface area contributed by atoms with Crippen LogP contribution in [0.4, 0.5) is 10.5 Å². The molecule has 0 fully saturated rings. The number of phenolic OH excluding ortho intramolecular Hbond substituents is 1. The summed E-state index contributed by atoms with van der Waals surface area (Å²) in [4.78, 5) is 11.5. The Morgan fingerprint density at radius 3 is 2.32 bits per heavy atom. The summed E-state index contributed by atoms with van der Waals surface area (Å²) in [6.45, 7) is 0.278. The van der Waals surface area contributed by atoms with Crippen molar-refractivity contribution in [2.24, 2.45) is 5.41 Å². The fourth-order valence-electron chi connectivity index (χ4n) is 1.14. The molecule has 1 unspecified atom stereocenters. The van der Waals surface area contributed by atoms with Gasteiger partial charge in [-0.25, -0.2) is 4.79 Å². The summed E-state index contributed by atoms with van der Waals surface area (Å²) >= 11 is 0. The average molecular weight is 271 g/mol. The van der Waals surface area contributed by atoms with E-state index in [2.05, 4.69) is 10.1 Å². The number of aromatic hydroxyl groups is 1. The predicted octanol–water partition coefficient (Wildman–Crippen LogP) is 0.250. The molecule has 1 rings (SSSR count). The second-order valence-electron chi connectivity index (χ2n) is 4.40. The molecule has 0 saturated carbocycles. The van der Waals surface area contributed by atoms with Crippen molar-refractivity contribution >= 4 is 11.8 Å². The zero-order valence-electron chi connectivity index (χ0n) is 10.4. The smallest absolute Gasteiger partial charge is 0.413 e. The van der Waals surface area contributed by atoms with Crippen molar-refractivity contribution in [3.63, 3.8) is 0 Å². The molecule has 0 aliphatic heterocycles. The van der Waals surface area contributed by atoms with E-state index in [9.17, 15) is 9.90 Å². The molecule has 0 spiro atoms. The van der Waals surface area contributed by atoms with Crippen molar-refractivity contribution in [3.05, 3.63) is 24.3 Å². The number of amides is 1. The van der Waals surface area contributed by atoms with Crippen LogP contribution in [0.15, 0.2) is 24.3 Å². The Labute approximate surface area is 110 Å². The van der Waals surface area contributed by atoms with Crippen LogP contribution in [0.2, 0.25) is 0 Å². The standard InChI is InChI=1S/C12H17NO6/c1-12(6-14,7-15)10(17)19-11(18)13-8-2-4-9(16)5-3-8/h2-5,10,14-17H,6-7H2,1H3,(H,13,18). The Morgan fingerprint density at radius 1 is 1.32 bits per heavy atom. The van der Waals surface area contributed by atoms with Gasteiger partial charge >= 0.3 is 6.09 Å². The predicted molar refractivity (Wildman–Crippen MR) is 66.5 cm³/mol. The van der Waals surface area contributed by atoms with Crippen molar-refractivity contribution in [3.8, 4) is 5.75 Å². The summed E-state index contributed by atoms with van der Waals surface area (Å²) in [5, 5.41) is 39.1. The van der Waals surface area contributed by atoms with Gasteiger partial charge in [0.15, 0.2) is 0 Å². The molecule has 19 heavy (non-hydrogen) atoms. The van der Waals surface area contributed by atoms with Crippen LogP contribution in [-0.4, -0.2) is 46.0 Å². The van der Waals surface area contributed by atoms with Crippen LogP contribution in [0.3, 0.4) is 0 Å². The molecule has 7 heteroatoms. The number of anilines is 1.